The fourth-order valence-corrected chi connectivity index (χ4v) is 1.34. The molecule has 0 radical (unpaired) electrons. The molecular formula is C10H14OSZn. The van der Waals surface area contributed by atoms with Gasteiger partial charge in [0.2, 0.25) is 0 Å². The van der Waals surface area contributed by atoms with Gasteiger partial charge in [0, 0.05) is 29.9 Å². The molecule has 3 heteroatoms. The van der Waals surface area contributed by atoms with Gasteiger partial charge < -0.3 is 5.11 Å². The van der Waals surface area contributed by atoms with Crippen LogP contribution >= 0.6 is 12.6 Å². The smallest absolute Gasteiger partial charge is 0.132 e. The van der Waals surface area contributed by atoms with Crippen LogP contribution < -0.4 is 0 Å². The first kappa shape index (κ1) is 13.0. The summed E-state index contributed by atoms with van der Waals surface area (Å²) < 4.78 is 0. The molecule has 0 amide bonds. The third-order valence-electron chi connectivity index (χ3n) is 1.82. The molecule has 0 heterocycles. The SMILES string of the molecule is CC(C)(C)c1cccc(S)c1O.[Zn]. The van der Waals surface area contributed by atoms with Crippen LogP contribution in [-0.4, -0.2) is 5.11 Å². The summed E-state index contributed by atoms with van der Waals surface area (Å²) in [4.78, 5) is 0.641. The fraction of sp³-hybridized carbons (Fsp3) is 0.400. The zero-order chi connectivity index (χ0) is 9.35. The molecule has 13 heavy (non-hydrogen) atoms. The van der Waals surface area contributed by atoms with Gasteiger partial charge in [-0.05, 0) is 11.5 Å². The van der Waals surface area contributed by atoms with Gasteiger partial charge in [0.25, 0.3) is 0 Å². The molecule has 0 atom stereocenters. The first-order chi connectivity index (χ1) is 5.43. The van der Waals surface area contributed by atoms with Gasteiger partial charge in [-0.25, -0.2) is 0 Å². The second-order valence-corrected chi connectivity index (χ2v) is 4.41. The van der Waals surface area contributed by atoms with E-state index in [9.17, 15) is 5.11 Å². The van der Waals surface area contributed by atoms with Crippen LogP contribution in [0.4, 0.5) is 0 Å². The zero-order valence-corrected chi connectivity index (χ0v) is 12.2. The first-order valence-corrected chi connectivity index (χ1v) is 4.39. The van der Waals surface area contributed by atoms with Crippen LogP contribution in [0, 0.1) is 0 Å². The van der Waals surface area contributed by atoms with Gasteiger partial charge in [0.05, 0.1) is 0 Å². The Morgan fingerprint density at radius 1 is 1.23 bits per heavy atom. The van der Waals surface area contributed by atoms with Crippen LogP contribution in [0.25, 0.3) is 0 Å². The molecule has 0 unspecified atom stereocenters. The van der Waals surface area contributed by atoms with Crippen LogP contribution in [0.2, 0.25) is 0 Å². The third-order valence-corrected chi connectivity index (χ3v) is 2.18. The van der Waals surface area contributed by atoms with Crippen molar-refractivity contribution in [1.82, 2.24) is 0 Å². The van der Waals surface area contributed by atoms with Crippen LogP contribution in [0.1, 0.15) is 26.3 Å². The largest absolute Gasteiger partial charge is 0.506 e. The minimum Gasteiger partial charge on any atom is -0.506 e. The summed E-state index contributed by atoms with van der Waals surface area (Å²) >= 11 is 4.15. The number of phenols is 1. The molecule has 1 rings (SSSR count). The number of thiol groups is 1. The minimum atomic E-state index is -0.0250. The second kappa shape index (κ2) is 4.48. The summed E-state index contributed by atoms with van der Waals surface area (Å²) in [6.45, 7) is 6.19. The van der Waals surface area contributed by atoms with E-state index in [0.29, 0.717) is 10.6 Å². The number of rotatable bonds is 0. The maximum atomic E-state index is 9.66. The van der Waals surface area contributed by atoms with Crippen molar-refractivity contribution in [2.24, 2.45) is 0 Å². The summed E-state index contributed by atoms with van der Waals surface area (Å²) in [7, 11) is 0. The first-order valence-electron chi connectivity index (χ1n) is 3.94. The molecule has 0 aliphatic heterocycles. The quantitative estimate of drug-likeness (QED) is 0.534. The molecule has 1 aromatic rings. The minimum absolute atomic E-state index is 0. The topological polar surface area (TPSA) is 20.2 Å². The van der Waals surface area contributed by atoms with E-state index in [-0.39, 0.29) is 24.9 Å². The molecule has 0 bridgehead atoms. The number of aromatic hydroxyl groups is 1. The number of hydrogen-bond acceptors (Lipinski definition) is 2. The molecule has 0 aromatic heterocycles. The molecule has 0 aliphatic carbocycles. The van der Waals surface area contributed by atoms with Crippen molar-refractivity contribution in [3.8, 4) is 5.75 Å². The zero-order valence-electron chi connectivity index (χ0n) is 8.33. The Bertz CT molecular complexity index is 291. The number of benzene rings is 1. The van der Waals surface area contributed by atoms with Crippen LogP contribution in [0.15, 0.2) is 23.1 Å². The molecule has 0 saturated carbocycles. The summed E-state index contributed by atoms with van der Waals surface area (Å²) in [6, 6.07) is 5.62. The summed E-state index contributed by atoms with van der Waals surface area (Å²) in [5.74, 6) is 0.299. The Balaban J connectivity index is 0.00000144. The second-order valence-electron chi connectivity index (χ2n) is 3.92. The Kier molecular flexibility index (Phi) is 4.47. The Hall–Kier alpha value is -0.00662. The van der Waals surface area contributed by atoms with Crippen molar-refractivity contribution in [2.75, 3.05) is 0 Å². The molecular weight excluding hydrogens is 234 g/mol. The molecule has 1 N–H and O–H groups in total. The maximum Gasteiger partial charge on any atom is 0.132 e. The average molecular weight is 248 g/mol. The third kappa shape index (κ3) is 3.00. The van der Waals surface area contributed by atoms with E-state index < -0.39 is 0 Å². The predicted octanol–water partition coefficient (Wildman–Crippen LogP) is 2.98. The molecule has 0 aliphatic rings. The van der Waals surface area contributed by atoms with Crippen molar-refractivity contribution >= 4 is 12.6 Å². The van der Waals surface area contributed by atoms with Crippen molar-refractivity contribution in [3.05, 3.63) is 23.8 Å². The van der Waals surface area contributed by atoms with Gasteiger partial charge in [-0.3, -0.25) is 0 Å². The number of hydrogen-bond donors (Lipinski definition) is 2. The standard InChI is InChI=1S/C10H14OS.Zn/c1-10(2,3)7-5-4-6-8(12)9(7)11;/h4-6,11-12H,1-3H3;. The van der Waals surface area contributed by atoms with Crippen molar-refractivity contribution < 1.29 is 24.6 Å². The number of para-hydroxylation sites is 1. The van der Waals surface area contributed by atoms with E-state index in [0.717, 1.165) is 5.56 Å². The average Bonchev–Trinajstić information content (AvgIpc) is 1.92. The van der Waals surface area contributed by atoms with E-state index in [4.69, 9.17) is 0 Å². The van der Waals surface area contributed by atoms with Gasteiger partial charge in [-0.2, -0.15) is 0 Å². The Morgan fingerprint density at radius 3 is 2.15 bits per heavy atom. The van der Waals surface area contributed by atoms with Gasteiger partial charge in [0.15, 0.2) is 0 Å². The van der Waals surface area contributed by atoms with E-state index in [1.54, 1.807) is 6.07 Å². The molecule has 1 aromatic carbocycles. The van der Waals surface area contributed by atoms with Crippen LogP contribution in [0.3, 0.4) is 0 Å². The maximum absolute atomic E-state index is 9.66. The van der Waals surface area contributed by atoms with E-state index in [1.165, 1.54) is 0 Å². The fourth-order valence-electron chi connectivity index (χ4n) is 1.14. The van der Waals surface area contributed by atoms with Gasteiger partial charge in [-0.1, -0.05) is 32.9 Å². The molecule has 0 fully saturated rings. The Labute approximate surface area is 97.7 Å². The summed E-state index contributed by atoms with van der Waals surface area (Å²) in [5, 5.41) is 9.66. The van der Waals surface area contributed by atoms with Gasteiger partial charge in [-0.15, -0.1) is 12.6 Å². The van der Waals surface area contributed by atoms with Gasteiger partial charge in [0.1, 0.15) is 5.75 Å². The summed E-state index contributed by atoms with van der Waals surface area (Å²) in [5.41, 5.74) is 0.915. The van der Waals surface area contributed by atoms with Crippen LogP contribution in [-0.2, 0) is 24.9 Å². The monoisotopic (exact) mass is 246 g/mol. The van der Waals surface area contributed by atoms with Gasteiger partial charge >= 0.3 is 0 Å². The van der Waals surface area contributed by atoms with E-state index in [2.05, 4.69) is 33.4 Å². The van der Waals surface area contributed by atoms with E-state index >= 15 is 0 Å². The van der Waals surface area contributed by atoms with Crippen molar-refractivity contribution in [3.63, 3.8) is 0 Å². The van der Waals surface area contributed by atoms with Crippen molar-refractivity contribution in [1.29, 1.82) is 0 Å². The predicted molar refractivity (Wildman–Crippen MR) is 54.1 cm³/mol. The van der Waals surface area contributed by atoms with E-state index in [1.807, 2.05) is 12.1 Å². The molecule has 0 spiro atoms. The summed E-state index contributed by atoms with van der Waals surface area (Å²) in [6.07, 6.45) is 0. The van der Waals surface area contributed by atoms with Crippen molar-refractivity contribution in [2.45, 2.75) is 31.1 Å². The Morgan fingerprint density at radius 2 is 1.77 bits per heavy atom. The van der Waals surface area contributed by atoms with Crippen LogP contribution in [0.5, 0.6) is 5.75 Å². The normalized spacial score (nSPS) is 10.8. The molecule has 1 nitrogen and oxygen atoms in total. The molecule has 0 saturated heterocycles. The number of phenolic OH excluding ortho intramolecular Hbond substituents is 1. The molecule has 68 valence electrons.